The first-order valence-corrected chi connectivity index (χ1v) is 26.1. The summed E-state index contributed by atoms with van der Waals surface area (Å²) < 4.78 is 33.5. The Hall–Kier alpha value is -6.05. The second-order valence-electron chi connectivity index (χ2n) is 21.1. The van der Waals surface area contributed by atoms with E-state index in [0.717, 1.165) is 156 Å². The number of nitrogens with zero attached hydrogens (tertiary/aromatic N) is 13. The van der Waals surface area contributed by atoms with Crippen LogP contribution >= 0.6 is 11.6 Å². The summed E-state index contributed by atoms with van der Waals surface area (Å²) in [6, 6.07) is 16.5. The van der Waals surface area contributed by atoms with Gasteiger partial charge in [-0.3, -0.25) is 19.1 Å². The Bertz CT molecular complexity index is 2850. The summed E-state index contributed by atoms with van der Waals surface area (Å²) in [6.07, 6.45) is 12.9. The normalized spacial score (nSPS) is 21.5. The van der Waals surface area contributed by atoms with Gasteiger partial charge in [-0.15, -0.1) is 5.10 Å². The van der Waals surface area contributed by atoms with Crippen molar-refractivity contribution in [3.63, 3.8) is 0 Å². The highest BCUT2D eigenvalue weighted by Crippen LogP contribution is 2.47. The maximum atomic E-state index is 14.8. The number of amides is 1. The average Bonchev–Trinajstić information content (AvgIpc) is 4.09. The van der Waals surface area contributed by atoms with Crippen molar-refractivity contribution in [1.82, 2.24) is 44.5 Å². The van der Waals surface area contributed by atoms with Gasteiger partial charge >= 0.3 is 0 Å². The molecule has 2 aromatic carbocycles. The molecule has 1 amide bonds. The van der Waals surface area contributed by atoms with Crippen molar-refractivity contribution in [1.29, 1.82) is 5.26 Å². The van der Waals surface area contributed by atoms with Crippen LogP contribution in [0.15, 0.2) is 66.6 Å². The molecule has 71 heavy (non-hydrogen) atoms. The SMILES string of the molecule is CC(=O)N1CCc2c(c(N3CCCc4cc(-c5cnn(C)c5)c(C(F)F)cc43)nn2C2CCC(=CN3CCN(Cc4ccc(N5CCC6(CC5)C[C@H](C)N(c5ccc(C#N)c(Cl)c5)C6)nn4)CC3)CC2)C1. The topological polar surface area (TPSA) is 122 Å². The zero-order chi connectivity index (χ0) is 49.0. The third kappa shape index (κ3) is 9.47. The number of benzene rings is 2. The van der Waals surface area contributed by atoms with Crippen LogP contribution in [0.4, 0.5) is 31.8 Å². The first-order valence-electron chi connectivity index (χ1n) is 25.7. The fourth-order valence-corrected chi connectivity index (χ4v) is 12.8. The van der Waals surface area contributed by atoms with E-state index < -0.39 is 6.43 Å². The number of piperidine rings is 1. The second-order valence-corrected chi connectivity index (χ2v) is 21.5. The second kappa shape index (κ2) is 19.5. The lowest BCUT2D eigenvalue weighted by atomic mass is 9.77. The summed E-state index contributed by atoms with van der Waals surface area (Å²) in [5.41, 5.74) is 9.61. The number of hydrogen-bond donors (Lipinski definition) is 0. The number of nitriles is 1. The van der Waals surface area contributed by atoms with Crippen molar-refractivity contribution in [2.45, 2.75) is 110 Å². The first-order chi connectivity index (χ1) is 34.4. The van der Waals surface area contributed by atoms with Crippen LogP contribution in [-0.4, -0.2) is 115 Å². The Morgan fingerprint density at radius 2 is 1.77 bits per heavy atom. The molecule has 1 spiro atoms. The average molecular weight is 985 g/mol. The number of alkyl halides is 2. The molecule has 0 radical (unpaired) electrons. The van der Waals surface area contributed by atoms with E-state index >= 15 is 0 Å². The molecule has 17 heteroatoms. The molecule has 3 saturated heterocycles. The molecule has 3 aromatic heterocycles. The number of aromatic nitrogens is 6. The lowest BCUT2D eigenvalue weighted by molar-refractivity contribution is -0.129. The van der Waals surface area contributed by atoms with E-state index in [0.29, 0.717) is 47.4 Å². The van der Waals surface area contributed by atoms with Gasteiger partial charge in [0.2, 0.25) is 5.91 Å². The third-order valence-corrected chi connectivity index (χ3v) is 16.8. The standard InChI is InChI=1S/C54H64ClF2N13O/c1-36-28-54(35-69(36)44-12-8-40(29-58)48(55)26-44)15-19-66(20-16-54)51-13-9-42(60-61-51)33-65-23-21-64(22-24-65)31-38-6-10-43(11-7-38)70-49-14-18-67(37(2)71)34-47(49)53(62-70)68-17-4-5-39-25-45(41-30-59-63(3)32-41)46(52(56)57)27-50(39)68/h8-9,12-13,25-27,30-32,36,43,52H,4-7,10-11,14-24,28,33-35H2,1-3H3/t36-,43?/m0/s1. The van der Waals surface area contributed by atoms with E-state index in [4.69, 9.17) is 26.9 Å². The molecular formula is C54H64ClF2N13O. The molecule has 0 unspecified atom stereocenters. The van der Waals surface area contributed by atoms with Crippen molar-refractivity contribution in [3.8, 4) is 17.2 Å². The maximum absolute atomic E-state index is 14.8. The number of carbonyl (C=O) groups excluding carboxylic acids is 1. The predicted molar refractivity (Wildman–Crippen MR) is 272 cm³/mol. The smallest absolute Gasteiger partial charge is 0.264 e. The Balaban J connectivity index is 0.691. The molecule has 1 atom stereocenters. The molecule has 0 bridgehead atoms. The van der Waals surface area contributed by atoms with Gasteiger partial charge in [-0.2, -0.15) is 20.6 Å². The van der Waals surface area contributed by atoms with Gasteiger partial charge in [0.1, 0.15) is 6.07 Å². The van der Waals surface area contributed by atoms with E-state index in [9.17, 15) is 18.8 Å². The molecule has 1 saturated carbocycles. The highest BCUT2D eigenvalue weighted by atomic mass is 35.5. The van der Waals surface area contributed by atoms with Crippen molar-refractivity contribution >= 4 is 40.5 Å². The van der Waals surface area contributed by atoms with Crippen molar-refractivity contribution in [2.24, 2.45) is 12.5 Å². The number of allylic oxidation sites excluding steroid dienone is 1. The number of fused-ring (bicyclic) bond motifs is 2. The summed E-state index contributed by atoms with van der Waals surface area (Å²) >= 11 is 6.41. The number of piperazine rings is 1. The van der Waals surface area contributed by atoms with E-state index in [-0.39, 0.29) is 22.9 Å². The molecule has 4 fully saturated rings. The van der Waals surface area contributed by atoms with E-state index in [1.807, 2.05) is 29.2 Å². The Labute approximate surface area is 420 Å². The molecule has 8 heterocycles. The summed E-state index contributed by atoms with van der Waals surface area (Å²) in [5.74, 6) is 1.80. The van der Waals surface area contributed by atoms with Crippen LogP contribution in [0.2, 0.25) is 5.02 Å². The minimum absolute atomic E-state index is 0.00109. The third-order valence-electron chi connectivity index (χ3n) is 16.5. The fourth-order valence-electron chi connectivity index (χ4n) is 12.6. The number of hydrogen-bond acceptors (Lipinski definition) is 11. The van der Waals surface area contributed by atoms with Gasteiger partial charge < -0.3 is 24.5 Å². The van der Waals surface area contributed by atoms with Crippen LogP contribution in [0, 0.1) is 16.7 Å². The number of carbonyl (C=O) groups is 1. The Morgan fingerprint density at radius 3 is 2.46 bits per heavy atom. The predicted octanol–water partition coefficient (Wildman–Crippen LogP) is 9.23. The van der Waals surface area contributed by atoms with E-state index in [1.165, 1.54) is 11.3 Å². The number of halogens is 3. The van der Waals surface area contributed by atoms with Crippen molar-refractivity contribution in [3.05, 3.63) is 105 Å². The summed E-state index contributed by atoms with van der Waals surface area (Å²) in [5, 5.41) is 28.9. The number of anilines is 4. The van der Waals surface area contributed by atoms with Crippen LogP contribution < -0.4 is 14.7 Å². The molecule has 11 rings (SSSR count). The van der Waals surface area contributed by atoms with Crippen LogP contribution in [-0.2, 0) is 37.8 Å². The van der Waals surface area contributed by atoms with Crippen LogP contribution in [0.25, 0.3) is 11.1 Å². The molecule has 5 aliphatic heterocycles. The minimum Gasteiger partial charge on any atom is -0.375 e. The maximum Gasteiger partial charge on any atom is 0.264 e. The number of aryl methyl sites for hydroxylation is 2. The zero-order valence-electron chi connectivity index (χ0n) is 41.2. The highest BCUT2D eigenvalue weighted by molar-refractivity contribution is 6.32. The van der Waals surface area contributed by atoms with Crippen LogP contribution in [0.5, 0.6) is 0 Å². The van der Waals surface area contributed by atoms with Gasteiger partial charge in [0.05, 0.1) is 35.1 Å². The van der Waals surface area contributed by atoms with Crippen molar-refractivity contribution < 1.29 is 13.6 Å². The van der Waals surface area contributed by atoms with E-state index in [1.54, 1.807) is 37.1 Å². The van der Waals surface area contributed by atoms with Crippen LogP contribution in [0.3, 0.4) is 0 Å². The molecule has 6 aliphatic rings. The minimum atomic E-state index is -2.65. The summed E-state index contributed by atoms with van der Waals surface area (Å²) in [7, 11) is 1.80. The molecular weight excluding hydrogens is 920 g/mol. The molecule has 1 aliphatic carbocycles. The summed E-state index contributed by atoms with van der Waals surface area (Å²) in [6.45, 7) is 13.3. The Morgan fingerprint density at radius 1 is 0.972 bits per heavy atom. The first kappa shape index (κ1) is 47.3. The van der Waals surface area contributed by atoms with Crippen molar-refractivity contribution in [2.75, 3.05) is 73.6 Å². The molecule has 5 aromatic rings. The molecule has 14 nitrogen and oxygen atoms in total. The number of rotatable bonds is 9. The van der Waals surface area contributed by atoms with Gasteiger partial charge in [0.15, 0.2) is 11.6 Å². The van der Waals surface area contributed by atoms with Gasteiger partial charge in [0.25, 0.3) is 6.43 Å². The fraction of sp³-hybridized carbons (Fsp3) is 0.519. The highest BCUT2D eigenvalue weighted by Gasteiger charge is 2.44. The zero-order valence-corrected chi connectivity index (χ0v) is 42.0. The lowest BCUT2D eigenvalue weighted by Crippen LogP contribution is -2.44. The lowest BCUT2D eigenvalue weighted by Gasteiger charge is -2.39. The quantitative estimate of drug-likeness (QED) is 0.141. The Kier molecular flexibility index (Phi) is 13.0. The van der Waals surface area contributed by atoms with Crippen LogP contribution in [0.1, 0.15) is 111 Å². The largest absolute Gasteiger partial charge is 0.375 e. The molecule has 0 N–H and O–H groups in total. The summed E-state index contributed by atoms with van der Waals surface area (Å²) in [4.78, 5) is 26.6. The van der Waals surface area contributed by atoms with Gasteiger partial charge in [-0.05, 0) is 130 Å². The van der Waals surface area contributed by atoms with Gasteiger partial charge in [0, 0.05) is 132 Å². The monoisotopic (exact) mass is 984 g/mol. The van der Waals surface area contributed by atoms with Gasteiger partial charge in [-0.25, -0.2) is 8.78 Å². The molecule has 372 valence electrons. The van der Waals surface area contributed by atoms with Gasteiger partial charge in [-0.1, -0.05) is 17.2 Å². The van der Waals surface area contributed by atoms with E-state index in [2.05, 4.69) is 65.6 Å².